The number of hydrogen-bond acceptors (Lipinski definition) is 9. The van der Waals surface area contributed by atoms with Crippen LogP contribution in [0.15, 0.2) is 30.3 Å². The van der Waals surface area contributed by atoms with E-state index in [2.05, 4.69) is 5.32 Å². The molecule has 0 atom stereocenters. The molecule has 0 radical (unpaired) electrons. The maximum atomic E-state index is 13.5. The molecular weight excluding hydrogens is 534 g/mol. The molecule has 0 aliphatic carbocycles. The number of nitrogens with one attached hydrogen (secondary N) is 1. The van der Waals surface area contributed by atoms with E-state index in [1.165, 1.54) is 21.3 Å². The first-order valence-corrected chi connectivity index (χ1v) is 13.1. The van der Waals surface area contributed by atoms with Crippen molar-refractivity contribution in [3.05, 3.63) is 41.5 Å². The maximum absolute atomic E-state index is 13.5. The summed E-state index contributed by atoms with van der Waals surface area (Å²) in [6, 6.07) is 9.36. The molecule has 5 N–H and O–H groups in total. The molecule has 0 saturated carbocycles. The van der Waals surface area contributed by atoms with E-state index < -0.39 is 11.9 Å². The van der Waals surface area contributed by atoms with Gasteiger partial charge in [0.25, 0.3) is 17.8 Å². The van der Waals surface area contributed by atoms with Crippen LogP contribution in [-0.4, -0.2) is 87.5 Å². The van der Waals surface area contributed by atoms with Crippen molar-refractivity contribution in [2.75, 3.05) is 54.6 Å². The Morgan fingerprint density at radius 3 is 1.88 bits per heavy atom. The van der Waals surface area contributed by atoms with Gasteiger partial charge in [-0.25, -0.2) is 0 Å². The lowest BCUT2D eigenvalue weighted by molar-refractivity contribution is -0.135. The Kier molecular flexibility index (Phi) is 15.7. The van der Waals surface area contributed by atoms with Gasteiger partial charge in [-0.2, -0.15) is 0 Å². The van der Waals surface area contributed by atoms with E-state index in [1.807, 2.05) is 36.2 Å². The standard InChI is InChI=1S/C25H35N3O5.2C2H4O2/c1-27-16-18-10-13-28(14-11-18)25(29)20-15-21(23(31-3)24(32-4)22(20)30-2)33-19-7-5-17(6-8-19)9-12-26;2*1-2(3)4/h5-8,15,18,27H,9-14,16,26H2,1-4H3;2*1H3,(H,3,4). The van der Waals surface area contributed by atoms with Crippen molar-refractivity contribution >= 4 is 17.8 Å². The number of carboxylic acid groups (broad SMARTS) is 2. The second kappa shape index (κ2) is 18.3. The highest BCUT2D eigenvalue weighted by Crippen LogP contribution is 2.48. The summed E-state index contributed by atoms with van der Waals surface area (Å²) < 4.78 is 22.9. The van der Waals surface area contributed by atoms with E-state index in [0.717, 1.165) is 45.2 Å². The van der Waals surface area contributed by atoms with Gasteiger partial charge in [0.15, 0.2) is 11.5 Å². The van der Waals surface area contributed by atoms with Crippen LogP contribution in [0.3, 0.4) is 0 Å². The van der Waals surface area contributed by atoms with E-state index in [4.69, 9.17) is 44.5 Å². The second-order valence-corrected chi connectivity index (χ2v) is 9.14. The highest BCUT2D eigenvalue weighted by molar-refractivity contribution is 5.99. The van der Waals surface area contributed by atoms with Gasteiger partial charge in [0.05, 0.1) is 26.9 Å². The summed E-state index contributed by atoms with van der Waals surface area (Å²) in [5, 5.41) is 18.1. The SMILES string of the molecule is CC(=O)O.CC(=O)O.CNCC1CCN(C(=O)c2cc(Oc3ccc(CCN)cc3)c(OC)c(OC)c2OC)CC1. The van der Waals surface area contributed by atoms with Crippen molar-refractivity contribution in [3.8, 4) is 28.7 Å². The van der Waals surface area contributed by atoms with Crippen LogP contribution in [0.4, 0.5) is 0 Å². The van der Waals surface area contributed by atoms with Crippen LogP contribution in [0.5, 0.6) is 28.7 Å². The molecule has 0 aromatic heterocycles. The average molecular weight is 578 g/mol. The molecule has 3 rings (SSSR count). The van der Waals surface area contributed by atoms with E-state index in [0.29, 0.717) is 59.9 Å². The van der Waals surface area contributed by atoms with Gasteiger partial charge < -0.3 is 45.1 Å². The molecule has 0 bridgehead atoms. The summed E-state index contributed by atoms with van der Waals surface area (Å²) in [6.07, 6.45) is 2.71. The first-order valence-electron chi connectivity index (χ1n) is 13.1. The predicted octanol–water partition coefficient (Wildman–Crippen LogP) is 3.26. The number of carboxylic acids is 2. The fourth-order valence-corrected chi connectivity index (χ4v) is 4.23. The molecule has 228 valence electrons. The fourth-order valence-electron chi connectivity index (χ4n) is 4.23. The molecule has 12 nitrogen and oxygen atoms in total. The van der Waals surface area contributed by atoms with E-state index in [1.54, 1.807) is 6.07 Å². The predicted molar refractivity (Wildman–Crippen MR) is 155 cm³/mol. The number of piperidine rings is 1. The average Bonchev–Trinajstić information content (AvgIpc) is 2.93. The molecular formula is C29H43N3O9. The Bertz CT molecular complexity index is 1100. The second-order valence-electron chi connectivity index (χ2n) is 9.14. The van der Waals surface area contributed by atoms with Crippen LogP contribution >= 0.6 is 0 Å². The Balaban J connectivity index is 0.000000930. The number of methoxy groups -OCH3 is 3. The molecule has 1 fully saturated rings. The number of ether oxygens (including phenoxy) is 4. The van der Waals surface area contributed by atoms with E-state index in [-0.39, 0.29) is 5.91 Å². The summed E-state index contributed by atoms with van der Waals surface area (Å²) >= 11 is 0. The minimum Gasteiger partial charge on any atom is -0.492 e. The zero-order chi connectivity index (χ0) is 30.9. The lowest BCUT2D eigenvalue weighted by atomic mass is 9.96. The number of hydrogen-bond donors (Lipinski definition) is 4. The number of amides is 1. The first-order chi connectivity index (χ1) is 19.5. The summed E-state index contributed by atoms with van der Waals surface area (Å²) in [4.78, 5) is 33.4. The van der Waals surface area contributed by atoms with Crippen LogP contribution in [0.2, 0.25) is 0 Å². The fraction of sp³-hybridized carbons (Fsp3) is 0.483. The third-order valence-electron chi connectivity index (χ3n) is 5.98. The maximum Gasteiger partial charge on any atom is 0.300 e. The van der Waals surface area contributed by atoms with Crippen molar-refractivity contribution in [2.24, 2.45) is 11.7 Å². The zero-order valence-corrected chi connectivity index (χ0v) is 24.7. The van der Waals surface area contributed by atoms with Crippen molar-refractivity contribution in [1.82, 2.24) is 10.2 Å². The summed E-state index contributed by atoms with van der Waals surface area (Å²) in [5.74, 6) is 0.826. The number of nitrogens with two attached hydrogens (primary N) is 1. The van der Waals surface area contributed by atoms with Crippen molar-refractivity contribution in [1.29, 1.82) is 0 Å². The third-order valence-corrected chi connectivity index (χ3v) is 5.98. The minimum atomic E-state index is -0.833. The molecule has 1 aliphatic heterocycles. The van der Waals surface area contributed by atoms with Gasteiger partial charge in [-0.3, -0.25) is 14.4 Å². The van der Waals surface area contributed by atoms with Crippen molar-refractivity contribution < 1.29 is 43.5 Å². The van der Waals surface area contributed by atoms with Gasteiger partial charge in [0.1, 0.15) is 5.75 Å². The van der Waals surface area contributed by atoms with Crippen LogP contribution in [0, 0.1) is 5.92 Å². The van der Waals surface area contributed by atoms with Gasteiger partial charge >= 0.3 is 0 Å². The highest BCUT2D eigenvalue weighted by Gasteiger charge is 2.30. The quantitative estimate of drug-likeness (QED) is 0.327. The first kappa shape index (κ1) is 35.0. The Labute approximate surface area is 241 Å². The number of benzene rings is 2. The van der Waals surface area contributed by atoms with Gasteiger partial charge in [0.2, 0.25) is 11.5 Å². The van der Waals surface area contributed by atoms with E-state index >= 15 is 0 Å². The minimum absolute atomic E-state index is 0.112. The largest absolute Gasteiger partial charge is 0.492 e. The number of likely N-dealkylation sites (tertiary alicyclic amines) is 1. The molecule has 1 aliphatic rings. The molecule has 0 unspecified atom stereocenters. The van der Waals surface area contributed by atoms with Crippen molar-refractivity contribution in [2.45, 2.75) is 33.1 Å². The lowest BCUT2D eigenvalue weighted by Crippen LogP contribution is -2.40. The molecule has 2 aromatic carbocycles. The Morgan fingerprint density at radius 1 is 0.927 bits per heavy atom. The summed E-state index contributed by atoms with van der Waals surface area (Å²) in [7, 11) is 6.52. The molecule has 1 amide bonds. The van der Waals surface area contributed by atoms with Gasteiger partial charge in [-0.15, -0.1) is 0 Å². The number of aliphatic carboxylic acids is 2. The molecule has 1 heterocycles. The van der Waals surface area contributed by atoms with E-state index in [9.17, 15) is 4.79 Å². The monoisotopic (exact) mass is 577 g/mol. The summed E-state index contributed by atoms with van der Waals surface area (Å²) in [5.41, 5.74) is 7.15. The highest BCUT2D eigenvalue weighted by atomic mass is 16.5. The topological polar surface area (TPSA) is 170 Å². The number of nitrogens with zero attached hydrogens (tertiary/aromatic N) is 1. The smallest absolute Gasteiger partial charge is 0.300 e. The van der Waals surface area contributed by atoms with Crippen LogP contribution in [-0.2, 0) is 16.0 Å². The Morgan fingerprint density at radius 2 is 1.44 bits per heavy atom. The normalized spacial score (nSPS) is 12.6. The molecule has 2 aromatic rings. The van der Waals surface area contributed by atoms with Crippen LogP contribution in [0.25, 0.3) is 0 Å². The van der Waals surface area contributed by atoms with Gasteiger partial charge in [-0.05, 0) is 63.0 Å². The van der Waals surface area contributed by atoms with Crippen molar-refractivity contribution in [3.63, 3.8) is 0 Å². The Hall–Kier alpha value is -4.03. The number of carbonyl (C=O) groups is 3. The molecule has 1 saturated heterocycles. The molecule has 41 heavy (non-hydrogen) atoms. The third kappa shape index (κ3) is 11.5. The van der Waals surface area contributed by atoms with Crippen LogP contribution in [0.1, 0.15) is 42.6 Å². The molecule has 0 spiro atoms. The zero-order valence-electron chi connectivity index (χ0n) is 24.7. The van der Waals surface area contributed by atoms with Gasteiger partial charge in [0, 0.05) is 33.0 Å². The summed E-state index contributed by atoms with van der Waals surface area (Å²) in [6.45, 7) is 5.11. The van der Waals surface area contributed by atoms with Crippen LogP contribution < -0.4 is 30.0 Å². The number of rotatable bonds is 10. The van der Waals surface area contributed by atoms with Gasteiger partial charge in [-0.1, -0.05) is 12.1 Å². The molecule has 12 heteroatoms. The number of carbonyl (C=O) groups excluding carboxylic acids is 1. The lowest BCUT2D eigenvalue weighted by Gasteiger charge is -2.32.